The van der Waals surface area contributed by atoms with Crippen molar-refractivity contribution in [1.29, 1.82) is 0 Å². The number of benzene rings is 3. The Labute approximate surface area is 227 Å². The second-order valence-electron chi connectivity index (χ2n) is 9.19. The highest BCUT2D eigenvalue weighted by Gasteiger charge is 2.34. The van der Waals surface area contributed by atoms with E-state index in [1.807, 2.05) is 85.3 Å². The lowest BCUT2D eigenvalue weighted by atomic mass is 9.95. The molecule has 1 aliphatic rings. The van der Waals surface area contributed by atoms with Crippen molar-refractivity contribution in [3.63, 3.8) is 0 Å². The lowest BCUT2D eigenvalue weighted by Crippen LogP contribution is -2.31. The van der Waals surface area contributed by atoms with Gasteiger partial charge in [0.2, 0.25) is 11.1 Å². The van der Waals surface area contributed by atoms with Gasteiger partial charge in [0, 0.05) is 17.1 Å². The van der Waals surface area contributed by atoms with Crippen LogP contribution < -0.4 is 15.4 Å². The van der Waals surface area contributed by atoms with Crippen molar-refractivity contribution in [2.75, 3.05) is 17.2 Å². The zero-order chi connectivity index (χ0) is 26.5. The number of aryl methyl sites for hydroxylation is 1. The SMILES string of the molecule is CCCOc1ccc(C2C(C(=O)Nc3ccccc3C)=C(C)Nc3nc(SCc4ccccc4)nn32)cc1. The number of nitrogens with one attached hydrogen (secondary N) is 2. The maximum absolute atomic E-state index is 13.7. The molecule has 1 atom stereocenters. The minimum absolute atomic E-state index is 0.180. The first-order valence-corrected chi connectivity index (χ1v) is 13.7. The number of anilines is 2. The summed E-state index contributed by atoms with van der Waals surface area (Å²) >= 11 is 1.57. The molecule has 194 valence electrons. The molecule has 0 saturated carbocycles. The van der Waals surface area contributed by atoms with Gasteiger partial charge in [0.15, 0.2) is 0 Å². The van der Waals surface area contributed by atoms with Gasteiger partial charge in [-0.1, -0.05) is 79.3 Å². The number of nitrogens with zero attached hydrogens (tertiary/aromatic N) is 3. The molecule has 0 fully saturated rings. The molecule has 2 heterocycles. The molecular formula is C30H31N5O2S. The number of para-hydroxylation sites is 1. The van der Waals surface area contributed by atoms with Crippen molar-refractivity contribution in [3.8, 4) is 5.75 Å². The van der Waals surface area contributed by atoms with Gasteiger partial charge in [-0.25, -0.2) is 4.68 Å². The zero-order valence-corrected chi connectivity index (χ0v) is 22.6. The van der Waals surface area contributed by atoms with E-state index in [1.165, 1.54) is 5.56 Å². The standard InChI is InChI=1S/C30H31N5O2S/c1-4-18-37-24-16-14-23(15-17-24)27-26(28(36)32-25-13-9-8-10-20(25)2)21(3)31-29-33-30(34-35(27)29)38-19-22-11-6-5-7-12-22/h5-17,27H,4,18-19H2,1-3H3,(H,32,36)(H,31,33,34). The van der Waals surface area contributed by atoms with Crippen LogP contribution in [-0.2, 0) is 10.5 Å². The van der Waals surface area contributed by atoms with Crippen LogP contribution in [0.4, 0.5) is 11.6 Å². The summed E-state index contributed by atoms with van der Waals surface area (Å²) in [5.74, 6) is 1.99. The van der Waals surface area contributed by atoms with Gasteiger partial charge < -0.3 is 15.4 Å². The molecule has 8 heteroatoms. The van der Waals surface area contributed by atoms with E-state index in [9.17, 15) is 4.79 Å². The van der Waals surface area contributed by atoms with Gasteiger partial charge in [0.1, 0.15) is 11.8 Å². The Morgan fingerprint density at radius 2 is 1.76 bits per heavy atom. The molecule has 2 N–H and O–H groups in total. The van der Waals surface area contributed by atoms with Crippen molar-refractivity contribution >= 4 is 29.3 Å². The minimum atomic E-state index is -0.450. The van der Waals surface area contributed by atoms with Crippen molar-refractivity contribution in [3.05, 3.63) is 107 Å². The Hall–Kier alpha value is -4.04. The summed E-state index contributed by atoms with van der Waals surface area (Å²) in [6, 6.07) is 25.4. The molecular weight excluding hydrogens is 494 g/mol. The average Bonchev–Trinajstić information content (AvgIpc) is 3.34. The summed E-state index contributed by atoms with van der Waals surface area (Å²) < 4.78 is 7.61. The highest BCUT2D eigenvalue weighted by Crippen LogP contribution is 2.37. The van der Waals surface area contributed by atoms with E-state index in [2.05, 4.69) is 29.7 Å². The number of thioether (sulfide) groups is 1. The van der Waals surface area contributed by atoms with E-state index in [0.717, 1.165) is 40.4 Å². The third-order valence-corrected chi connectivity index (χ3v) is 7.26. The first-order chi connectivity index (χ1) is 18.5. The molecule has 1 aliphatic heterocycles. The lowest BCUT2D eigenvalue weighted by Gasteiger charge is -2.29. The van der Waals surface area contributed by atoms with E-state index in [1.54, 1.807) is 11.8 Å². The van der Waals surface area contributed by atoms with Crippen molar-refractivity contribution in [2.45, 2.75) is 44.1 Å². The van der Waals surface area contributed by atoms with E-state index < -0.39 is 6.04 Å². The summed E-state index contributed by atoms with van der Waals surface area (Å²) in [5.41, 5.74) is 5.24. The molecule has 5 rings (SSSR count). The predicted octanol–water partition coefficient (Wildman–Crippen LogP) is 6.60. The van der Waals surface area contributed by atoms with Gasteiger partial charge in [-0.15, -0.1) is 5.10 Å². The second-order valence-corrected chi connectivity index (χ2v) is 10.1. The van der Waals surface area contributed by atoms with Crippen molar-refractivity contribution in [1.82, 2.24) is 14.8 Å². The van der Waals surface area contributed by atoms with Crippen LogP contribution in [-0.4, -0.2) is 27.3 Å². The van der Waals surface area contributed by atoms with Crippen LogP contribution >= 0.6 is 11.8 Å². The first kappa shape index (κ1) is 25.6. The number of hydrogen-bond donors (Lipinski definition) is 2. The Morgan fingerprint density at radius 3 is 2.50 bits per heavy atom. The molecule has 0 radical (unpaired) electrons. The number of aromatic nitrogens is 3. The summed E-state index contributed by atoms with van der Waals surface area (Å²) in [5, 5.41) is 11.9. The fourth-order valence-corrected chi connectivity index (χ4v) is 5.17. The normalized spacial score (nSPS) is 14.6. The monoisotopic (exact) mass is 525 g/mol. The lowest BCUT2D eigenvalue weighted by molar-refractivity contribution is -0.113. The van der Waals surface area contributed by atoms with Crippen LogP contribution in [0, 0.1) is 6.92 Å². The number of rotatable bonds is 9. The molecule has 3 aromatic carbocycles. The predicted molar refractivity (Wildman–Crippen MR) is 153 cm³/mol. The average molecular weight is 526 g/mol. The highest BCUT2D eigenvalue weighted by atomic mass is 32.2. The van der Waals surface area contributed by atoms with E-state index in [-0.39, 0.29) is 5.91 Å². The van der Waals surface area contributed by atoms with Gasteiger partial charge in [0.25, 0.3) is 5.91 Å². The van der Waals surface area contributed by atoms with Gasteiger partial charge in [-0.3, -0.25) is 4.79 Å². The Balaban J connectivity index is 1.49. The number of carbonyl (C=O) groups excluding carboxylic acids is 1. The molecule has 1 unspecified atom stereocenters. The maximum Gasteiger partial charge on any atom is 0.255 e. The second kappa shape index (κ2) is 11.6. The number of fused-ring (bicyclic) bond motifs is 1. The number of amides is 1. The molecule has 7 nitrogen and oxygen atoms in total. The Morgan fingerprint density at radius 1 is 1.03 bits per heavy atom. The number of carbonyl (C=O) groups is 1. The number of ether oxygens (including phenoxy) is 1. The number of allylic oxidation sites excluding steroid dienone is 1. The summed E-state index contributed by atoms with van der Waals surface area (Å²) in [6.45, 7) is 6.63. The quantitative estimate of drug-likeness (QED) is 0.240. The van der Waals surface area contributed by atoms with Crippen LogP contribution in [0.1, 0.15) is 43.0 Å². The molecule has 0 saturated heterocycles. The third kappa shape index (κ3) is 5.60. The fraction of sp³-hybridized carbons (Fsp3) is 0.233. The third-order valence-electron chi connectivity index (χ3n) is 6.35. The minimum Gasteiger partial charge on any atom is -0.494 e. The van der Waals surface area contributed by atoms with E-state index in [4.69, 9.17) is 14.8 Å². The molecule has 0 aliphatic carbocycles. The molecule has 0 spiro atoms. The van der Waals surface area contributed by atoms with E-state index >= 15 is 0 Å². The van der Waals surface area contributed by atoms with Gasteiger partial charge in [-0.2, -0.15) is 4.98 Å². The summed E-state index contributed by atoms with van der Waals surface area (Å²) in [4.78, 5) is 18.5. The first-order valence-electron chi connectivity index (χ1n) is 12.7. The molecule has 1 amide bonds. The van der Waals surface area contributed by atoms with Gasteiger partial charge >= 0.3 is 0 Å². The molecule has 4 aromatic rings. The zero-order valence-electron chi connectivity index (χ0n) is 21.8. The van der Waals surface area contributed by atoms with Crippen LogP contribution in [0.5, 0.6) is 5.75 Å². The van der Waals surface area contributed by atoms with Crippen LogP contribution in [0.25, 0.3) is 0 Å². The van der Waals surface area contributed by atoms with Crippen LogP contribution in [0.3, 0.4) is 0 Å². The van der Waals surface area contributed by atoms with Crippen molar-refractivity contribution < 1.29 is 9.53 Å². The Bertz CT molecular complexity index is 1450. The highest BCUT2D eigenvalue weighted by molar-refractivity contribution is 7.98. The molecule has 1 aromatic heterocycles. The van der Waals surface area contributed by atoms with Crippen LogP contribution in [0.15, 0.2) is 95.3 Å². The van der Waals surface area contributed by atoms with E-state index in [0.29, 0.717) is 23.3 Å². The number of hydrogen-bond acceptors (Lipinski definition) is 6. The molecule has 38 heavy (non-hydrogen) atoms. The smallest absolute Gasteiger partial charge is 0.255 e. The van der Waals surface area contributed by atoms with Gasteiger partial charge in [-0.05, 0) is 55.2 Å². The fourth-order valence-electron chi connectivity index (χ4n) is 4.39. The van der Waals surface area contributed by atoms with Crippen LogP contribution in [0.2, 0.25) is 0 Å². The van der Waals surface area contributed by atoms with Crippen molar-refractivity contribution in [2.24, 2.45) is 0 Å². The topological polar surface area (TPSA) is 81.1 Å². The largest absolute Gasteiger partial charge is 0.494 e. The summed E-state index contributed by atoms with van der Waals surface area (Å²) in [6.07, 6.45) is 0.937. The van der Waals surface area contributed by atoms with Gasteiger partial charge in [0.05, 0.1) is 12.2 Å². The Kier molecular flexibility index (Phi) is 7.79. The summed E-state index contributed by atoms with van der Waals surface area (Å²) in [7, 11) is 0. The molecule has 0 bridgehead atoms. The maximum atomic E-state index is 13.7.